The Balaban J connectivity index is 1.02. The molecule has 0 saturated carbocycles. The Hall–Kier alpha value is -7.37. The molecular formula is C51H31N3O2. The summed E-state index contributed by atoms with van der Waals surface area (Å²) in [6.07, 6.45) is 6.55. The summed E-state index contributed by atoms with van der Waals surface area (Å²) in [5, 5.41) is 9.04. The molecule has 1 aliphatic rings. The van der Waals surface area contributed by atoms with Crippen molar-refractivity contribution in [2.45, 2.75) is 12.8 Å². The van der Waals surface area contributed by atoms with Crippen LogP contribution in [-0.2, 0) is 6.42 Å². The van der Waals surface area contributed by atoms with Crippen LogP contribution < -0.4 is 0 Å². The molecule has 0 unspecified atom stereocenters. The molecule has 0 bridgehead atoms. The second-order valence-corrected chi connectivity index (χ2v) is 14.7. The zero-order chi connectivity index (χ0) is 36.7. The van der Waals surface area contributed by atoms with Gasteiger partial charge in [0.15, 0.2) is 17.5 Å². The summed E-state index contributed by atoms with van der Waals surface area (Å²) in [6, 6.07) is 52.9. The Morgan fingerprint density at radius 3 is 1.96 bits per heavy atom. The van der Waals surface area contributed by atoms with Gasteiger partial charge in [0.25, 0.3) is 0 Å². The first-order valence-electron chi connectivity index (χ1n) is 19.1. The molecule has 0 saturated heterocycles. The number of nitrogens with zero attached hydrogens (tertiary/aromatic N) is 3. The van der Waals surface area contributed by atoms with E-state index in [0.717, 1.165) is 89.9 Å². The van der Waals surface area contributed by atoms with E-state index in [2.05, 4.69) is 121 Å². The van der Waals surface area contributed by atoms with Gasteiger partial charge in [-0.25, -0.2) is 15.0 Å². The fraction of sp³-hybridized carbons (Fsp3) is 0.0392. The van der Waals surface area contributed by atoms with E-state index in [1.807, 2.05) is 42.5 Å². The van der Waals surface area contributed by atoms with Gasteiger partial charge in [-0.15, -0.1) is 0 Å². The standard InChI is InChI=1S/C51H31N3O2/c1-2-11-31(12-3-1)49-52-50(36-23-24-38-34(26-36)21-20-30-10-6-7-15-37(30)38)54-51(53-49)41-17-9-19-44-48(41)40-25-22-35(29-45(40)55-44)39-16-8-18-43-47(39)42-27-32-13-4-5-14-33(32)28-46(42)56-43/h1-3,5-12,14-29H,4,13H2. The lowest BCUT2D eigenvalue weighted by atomic mass is 9.93. The van der Waals surface area contributed by atoms with E-state index in [0.29, 0.717) is 17.5 Å². The first kappa shape index (κ1) is 31.0. The van der Waals surface area contributed by atoms with Gasteiger partial charge in [-0.2, -0.15) is 0 Å². The molecule has 0 aliphatic heterocycles. The van der Waals surface area contributed by atoms with Gasteiger partial charge in [0.05, 0.1) is 0 Å². The average Bonchev–Trinajstić information content (AvgIpc) is 3.83. The molecular weight excluding hydrogens is 687 g/mol. The van der Waals surface area contributed by atoms with Gasteiger partial charge in [-0.3, -0.25) is 0 Å². The highest BCUT2D eigenvalue weighted by atomic mass is 16.3. The van der Waals surface area contributed by atoms with Gasteiger partial charge in [0.2, 0.25) is 0 Å². The van der Waals surface area contributed by atoms with Crippen molar-refractivity contribution >= 4 is 71.5 Å². The predicted octanol–water partition coefficient (Wildman–Crippen LogP) is 13.6. The van der Waals surface area contributed by atoms with Crippen molar-refractivity contribution in [2.75, 3.05) is 0 Å². The number of benzene rings is 8. The quantitative estimate of drug-likeness (QED) is 0.170. The van der Waals surface area contributed by atoms with Gasteiger partial charge in [0.1, 0.15) is 22.3 Å². The maximum Gasteiger partial charge on any atom is 0.164 e. The molecule has 0 amide bonds. The van der Waals surface area contributed by atoms with Gasteiger partial charge >= 0.3 is 0 Å². The number of hydrogen-bond donors (Lipinski definition) is 0. The van der Waals surface area contributed by atoms with E-state index in [1.54, 1.807) is 0 Å². The zero-order valence-corrected chi connectivity index (χ0v) is 30.2. The normalized spacial score (nSPS) is 12.8. The summed E-state index contributed by atoms with van der Waals surface area (Å²) in [5.41, 5.74) is 10.9. The molecule has 262 valence electrons. The van der Waals surface area contributed by atoms with Crippen molar-refractivity contribution in [1.29, 1.82) is 0 Å². The monoisotopic (exact) mass is 717 g/mol. The molecule has 0 atom stereocenters. The molecule has 5 heteroatoms. The van der Waals surface area contributed by atoms with Crippen LogP contribution in [0.15, 0.2) is 167 Å². The molecule has 56 heavy (non-hydrogen) atoms. The molecule has 0 spiro atoms. The van der Waals surface area contributed by atoms with Gasteiger partial charge in [-0.1, -0.05) is 121 Å². The van der Waals surface area contributed by atoms with Crippen molar-refractivity contribution in [2.24, 2.45) is 0 Å². The van der Waals surface area contributed by atoms with Crippen molar-refractivity contribution in [3.63, 3.8) is 0 Å². The van der Waals surface area contributed by atoms with Crippen LogP contribution in [0, 0.1) is 0 Å². The van der Waals surface area contributed by atoms with Crippen LogP contribution in [0.5, 0.6) is 0 Å². The maximum atomic E-state index is 6.64. The van der Waals surface area contributed by atoms with Crippen molar-refractivity contribution in [3.05, 3.63) is 169 Å². The summed E-state index contributed by atoms with van der Waals surface area (Å²) >= 11 is 0. The summed E-state index contributed by atoms with van der Waals surface area (Å²) in [7, 11) is 0. The number of aromatic nitrogens is 3. The molecule has 5 nitrogen and oxygen atoms in total. The van der Waals surface area contributed by atoms with Crippen LogP contribution in [0.25, 0.3) is 117 Å². The minimum absolute atomic E-state index is 0.595. The highest BCUT2D eigenvalue weighted by Crippen LogP contribution is 2.42. The number of aryl methyl sites for hydroxylation is 1. The molecule has 3 aromatic heterocycles. The number of hydrogen-bond acceptors (Lipinski definition) is 5. The molecule has 1 aliphatic carbocycles. The fourth-order valence-electron chi connectivity index (χ4n) is 8.67. The Labute approximate surface area is 321 Å². The van der Waals surface area contributed by atoms with Crippen molar-refractivity contribution in [1.82, 2.24) is 15.0 Å². The third kappa shape index (κ3) is 4.84. The summed E-state index contributed by atoms with van der Waals surface area (Å²) < 4.78 is 13.1. The smallest absolute Gasteiger partial charge is 0.164 e. The zero-order valence-electron chi connectivity index (χ0n) is 30.2. The molecule has 3 heterocycles. The summed E-state index contributed by atoms with van der Waals surface area (Å²) in [6.45, 7) is 0. The van der Waals surface area contributed by atoms with E-state index in [1.165, 1.54) is 27.3 Å². The number of furan rings is 2. The van der Waals surface area contributed by atoms with Crippen molar-refractivity contribution in [3.8, 4) is 45.3 Å². The van der Waals surface area contributed by atoms with Crippen LogP contribution in [0.1, 0.15) is 17.5 Å². The second kappa shape index (κ2) is 12.1. The summed E-state index contributed by atoms with van der Waals surface area (Å²) in [4.78, 5) is 15.3. The van der Waals surface area contributed by atoms with Crippen LogP contribution >= 0.6 is 0 Å². The Bertz CT molecular complexity index is 3430. The first-order valence-corrected chi connectivity index (χ1v) is 19.1. The highest BCUT2D eigenvalue weighted by molar-refractivity contribution is 6.16. The maximum absolute atomic E-state index is 6.64. The van der Waals surface area contributed by atoms with Gasteiger partial charge in [0, 0.05) is 38.2 Å². The van der Waals surface area contributed by atoms with E-state index in [4.69, 9.17) is 23.8 Å². The Kier molecular flexibility index (Phi) is 6.69. The van der Waals surface area contributed by atoms with Gasteiger partial charge in [-0.05, 0) is 99.1 Å². The predicted molar refractivity (Wildman–Crippen MR) is 228 cm³/mol. The van der Waals surface area contributed by atoms with Crippen molar-refractivity contribution < 1.29 is 8.83 Å². The van der Waals surface area contributed by atoms with Crippen LogP contribution in [0.4, 0.5) is 0 Å². The minimum Gasteiger partial charge on any atom is -0.456 e. The third-order valence-electron chi connectivity index (χ3n) is 11.4. The van der Waals surface area contributed by atoms with Crippen LogP contribution in [-0.4, -0.2) is 15.0 Å². The number of fused-ring (bicyclic) bond motifs is 10. The van der Waals surface area contributed by atoms with Gasteiger partial charge < -0.3 is 8.83 Å². The average molecular weight is 718 g/mol. The number of rotatable bonds is 4. The lowest BCUT2D eigenvalue weighted by Gasteiger charge is -2.10. The van der Waals surface area contributed by atoms with E-state index >= 15 is 0 Å². The van der Waals surface area contributed by atoms with E-state index in [-0.39, 0.29) is 0 Å². The lowest BCUT2D eigenvalue weighted by Crippen LogP contribution is -2.00. The molecule has 12 rings (SSSR count). The topological polar surface area (TPSA) is 65.0 Å². The fourth-order valence-corrected chi connectivity index (χ4v) is 8.67. The lowest BCUT2D eigenvalue weighted by molar-refractivity contribution is 0.668. The number of allylic oxidation sites excluding steroid dienone is 1. The molecule has 0 N–H and O–H groups in total. The molecule has 0 fully saturated rings. The molecule has 0 radical (unpaired) electrons. The Morgan fingerprint density at radius 2 is 1.09 bits per heavy atom. The van der Waals surface area contributed by atoms with Crippen LogP contribution in [0.2, 0.25) is 0 Å². The first-order chi connectivity index (χ1) is 27.7. The van der Waals surface area contributed by atoms with E-state index in [9.17, 15) is 0 Å². The largest absolute Gasteiger partial charge is 0.456 e. The third-order valence-corrected chi connectivity index (χ3v) is 11.4. The SMILES string of the molecule is C1=Cc2cc3oc4cccc(-c5ccc6c(c5)oc5cccc(-c7nc(-c8ccccc8)nc(-c8ccc9c(ccc%10ccccc%109)c8)n7)c56)c4c3cc2CC1. The van der Waals surface area contributed by atoms with Crippen LogP contribution in [0.3, 0.4) is 0 Å². The minimum atomic E-state index is 0.595. The Morgan fingerprint density at radius 1 is 0.411 bits per heavy atom. The second-order valence-electron chi connectivity index (χ2n) is 14.7. The molecule has 11 aromatic rings. The van der Waals surface area contributed by atoms with E-state index < -0.39 is 0 Å². The highest BCUT2D eigenvalue weighted by Gasteiger charge is 2.20. The summed E-state index contributed by atoms with van der Waals surface area (Å²) in [5.74, 6) is 1.83. The molecule has 8 aromatic carbocycles.